The van der Waals surface area contributed by atoms with Crippen molar-refractivity contribution in [3.8, 4) is 0 Å². The van der Waals surface area contributed by atoms with E-state index >= 15 is 0 Å². The van der Waals surface area contributed by atoms with Crippen molar-refractivity contribution >= 4 is 5.91 Å². The first kappa shape index (κ1) is 15.4. The van der Waals surface area contributed by atoms with Gasteiger partial charge in [0.2, 0.25) is 5.91 Å². The summed E-state index contributed by atoms with van der Waals surface area (Å²) < 4.78 is 0. The molecule has 3 nitrogen and oxygen atoms in total. The fourth-order valence-electron chi connectivity index (χ4n) is 1.68. The minimum atomic E-state index is -0.421. The van der Waals surface area contributed by atoms with Gasteiger partial charge in [0.15, 0.2) is 0 Å². The summed E-state index contributed by atoms with van der Waals surface area (Å²) in [6.45, 7) is 8.64. The number of carbonyl (C=O) groups is 1. The zero-order valence-electron chi connectivity index (χ0n) is 11.1. The van der Waals surface area contributed by atoms with Gasteiger partial charge in [0.25, 0.3) is 0 Å². The highest BCUT2D eigenvalue weighted by Crippen LogP contribution is 2.10. The summed E-state index contributed by atoms with van der Waals surface area (Å²) in [5.41, 5.74) is 0. The lowest BCUT2D eigenvalue weighted by molar-refractivity contribution is -0.122. The van der Waals surface area contributed by atoms with Crippen molar-refractivity contribution in [2.24, 2.45) is 11.8 Å². The fourth-order valence-corrected chi connectivity index (χ4v) is 1.68. The summed E-state index contributed by atoms with van der Waals surface area (Å²) in [6, 6.07) is 0. The van der Waals surface area contributed by atoms with E-state index in [-0.39, 0.29) is 11.8 Å². The van der Waals surface area contributed by atoms with Gasteiger partial charge in [-0.3, -0.25) is 4.79 Å². The van der Waals surface area contributed by atoms with Gasteiger partial charge in [0, 0.05) is 13.0 Å². The molecule has 0 saturated heterocycles. The van der Waals surface area contributed by atoms with Crippen molar-refractivity contribution in [2.45, 2.75) is 59.5 Å². The molecule has 16 heavy (non-hydrogen) atoms. The highest BCUT2D eigenvalue weighted by Gasteiger charge is 2.14. The highest BCUT2D eigenvalue weighted by molar-refractivity contribution is 5.76. The highest BCUT2D eigenvalue weighted by atomic mass is 16.3. The molecular formula is C13H27NO2. The molecule has 0 radical (unpaired) electrons. The summed E-state index contributed by atoms with van der Waals surface area (Å²) in [6.07, 6.45) is 3.28. The lowest BCUT2D eigenvalue weighted by Crippen LogP contribution is -2.35. The predicted molar refractivity (Wildman–Crippen MR) is 67.2 cm³/mol. The van der Waals surface area contributed by atoms with Crippen LogP contribution < -0.4 is 5.32 Å². The molecule has 0 aliphatic rings. The number of hydrogen-bond acceptors (Lipinski definition) is 2. The van der Waals surface area contributed by atoms with Crippen molar-refractivity contribution in [1.29, 1.82) is 0 Å². The molecule has 0 aromatic rings. The van der Waals surface area contributed by atoms with E-state index in [0.717, 1.165) is 19.3 Å². The maximum absolute atomic E-state index is 11.5. The van der Waals surface area contributed by atoms with Crippen molar-refractivity contribution < 1.29 is 9.90 Å². The standard InChI is InChI=1S/C13H27NO2/c1-5-7-10(3)8-13(16)14-9-12(15)11(4)6-2/h10-12,15H,5-9H2,1-4H3,(H,14,16). The van der Waals surface area contributed by atoms with Crippen molar-refractivity contribution in [1.82, 2.24) is 5.32 Å². The van der Waals surface area contributed by atoms with Crippen LogP contribution >= 0.6 is 0 Å². The molecule has 0 aliphatic carbocycles. The van der Waals surface area contributed by atoms with E-state index in [1.807, 2.05) is 13.8 Å². The normalized spacial score (nSPS) is 16.6. The van der Waals surface area contributed by atoms with E-state index in [9.17, 15) is 9.90 Å². The van der Waals surface area contributed by atoms with Gasteiger partial charge in [-0.15, -0.1) is 0 Å². The molecule has 1 amide bonds. The molecule has 3 heteroatoms. The van der Waals surface area contributed by atoms with E-state index in [1.165, 1.54) is 0 Å². The molecule has 0 heterocycles. The molecule has 96 valence electrons. The van der Waals surface area contributed by atoms with Crippen molar-refractivity contribution in [3.05, 3.63) is 0 Å². The first-order chi connectivity index (χ1) is 7.51. The summed E-state index contributed by atoms with van der Waals surface area (Å²) in [4.78, 5) is 11.5. The summed E-state index contributed by atoms with van der Waals surface area (Å²) >= 11 is 0. The molecule has 0 spiro atoms. The molecule has 0 aromatic carbocycles. The Bertz CT molecular complexity index is 194. The maximum atomic E-state index is 11.5. The van der Waals surface area contributed by atoms with Crippen molar-refractivity contribution in [2.75, 3.05) is 6.54 Å². The second-order valence-electron chi connectivity index (χ2n) is 4.85. The molecule has 0 aromatic heterocycles. The first-order valence-corrected chi connectivity index (χ1v) is 6.45. The smallest absolute Gasteiger partial charge is 0.220 e. The molecule has 3 unspecified atom stereocenters. The molecule has 0 fully saturated rings. The van der Waals surface area contributed by atoms with E-state index < -0.39 is 6.10 Å². The Morgan fingerprint density at radius 3 is 2.44 bits per heavy atom. The fraction of sp³-hybridized carbons (Fsp3) is 0.923. The lowest BCUT2D eigenvalue weighted by Gasteiger charge is -2.18. The second kappa shape index (κ2) is 8.57. The number of aliphatic hydroxyl groups excluding tert-OH is 1. The zero-order valence-corrected chi connectivity index (χ0v) is 11.1. The number of rotatable bonds is 8. The largest absolute Gasteiger partial charge is 0.391 e. The number of aliphatic hydroxyl groups is 1. The molecule has 0 saturated carbocycles. The third-order valence-corrected chi connectivity index (χ3v) is 3.12. The second-order valence-corrected chi connectivity index (χ2v) is 4.85. The Kier molecular flexibility index (Phi) is 8.26. The van der Waals surface area contributed by atoms with Crippen LogP contribution in [0.2, 0.25) is 0 Å². The summed E-state index contributed by atoms with van der Waals surface area (Å²) in [7, 11) is 0. The number of nitrogens with one attached hydrogen (secondary N) is 1. The van der Waals surface area contributed by atoms with Crippen LogP contribution in [0.15, 0.2) is 0 Å². The number of carbonyl (C=O) groups excluding carboxylic acids is 1. The minimum absolute atomic E-state index is 0.0586. The van der Waals surface area contributed by atoms with Crippen molar-refractivity contribution in [3.63, 3.8) is 0 Å². The van der Waals surface area contributed by atoms with Gasteiger partial charge in [-0.2, -0.15) is 0 Å². The topological polar surface area (TPSA) is 49.3 Å². The lowest BCUT2D eigenvalue weighted by atomic mass is 10.0. The average Bonchev–Trinajstić information content (AvgIpc) is 2.24. The van der Waals surface area contributed by atoms with Gasteiger partial charge in [-0.25, -0.2) is 0 Å². The van der Waals surface area contributed by atoms with Gasteiger partial charge in [0.05, 0.1) is 6.10 Å². The van der Waals surface area contributed by atoms with Crippen LogP contribution in [0.3, 0.4) is 0 Å². The number of hydrogen-bond donors (Lipinski definition) is 2. The van der Waals surface area contributed by atoms with Crippen LogP contribution in [0, 0.1) is 11.8 Å². The zero-order chi connectivity index (χ0) is 12.6. The minimum Gasteiger partial charge on any atom is -0.391 e. The molecular weight excluding hydrogens is 202 g/mol. The van der Waals surface area contributed by atoms with Crippen LogP contribution in [0.4, 0.5) is 0 Å². The van der Waals surface area contributed by atoms with Gasteiger partial charge in [-0.05, 0) is 11.8 Å². The molecule has 0 bridgehead atoms. The van der Waals surface area contributed by atoms with E-state index in [1.54, 1.807) is 0 Å². The Balaban J connectivity index is 3.72. The van der Waals surface area contributed by atoms with Crippen LogP contribution in [-0.2, 0) is 4.79 Å². The molecule has 0 aliphatic heterocycles. The Morgan fingerprint density at radius 2 is 1.94 bits per heavy atom. The van der Waals surface area contributed by atoms with E-state index in [0.29, 0.717) is 18.9 Å². The SMILES string of the molecule is CCCC(C)CC(=O)NCC(O)C(C)CC. The van der Waals surface area contributed by atoms with Crippen LogP contribution in [0.5, 0.6) is 0 Å². The van der Waals surface area contributed by atoms with Gasteiger partial charge < -0.3 is 10.4 Å². The monoisotopic (exact) mass is 229 g/mol. The predicted octanol–water partition coefficient (Wildman–Crippen LogP) is 2.34. The number of amides is 1. The first-order valence-electron chi connectivity index (χ1n) is 6.45. The molecule has 0 rings (SSSR count). The van der Waals surface area contributed by atoms with E-state index in [4.69, 9.17) is 0 Å². The summed E-state index contributed by atoms with van der Waals surface area (Å²) in [5.74, 6) is 0.738. The maximum Gasteiger partial charge on any atom is 0.220 e. The Hall–Kier alpha value is -0.570. The third kappa shape index (κ3) is 6.83. The average molecular weight is 229 g/mol. The van der Waals surface area contributed by atoms with Gasteiger partial charge in [-0.1, -0.05) is 47.0 Å². The third-order valence-electron chi connectivity index (χ3n) is 3.12. The van der Waals surface area contributed by atoms with Crippen LogP contribution in [0.1, 0.15) is 53.4 Å². The Morgan fingerprint density at radius 1 is 1.31 bits per heavy atom. The van der Waals surface area contributed by atoms with Gasteiger partial charge in [0.1, 0.15) is 0 Å². The summed E-state index contributed by atoms with van der Waals surface area (Å²) in [5, 5.41) is 12.5. The Labute approximate surface area is 99.6 Å². The van der Waals surface area contributed by atoms with E-state index in [2.05, 4.69) is 19.2 Å². The molecule has 2 N–H and O–H groups in total. The molecule has 3 atom stereocenters. The van der Waals surface area contributed by atoms with Crippen LogP contribution in [-0.4, -0.2) is 23.7 Å². The van der Waals surface area contributed by atoms with Crippen LogP contribution in [0.25, 0.3) is 0 Å². The van der Waals surface area contributed by atoms with Gasteiger partial charge >= 0.3 is 0 Å². The quantitative estimate of drug-likeness (QED) is 0.671.